The molecule has 0 radical (unpaired) electrons. The number of aliphatic hydroxyl groups excluding tert-OH is 8. The second-order valence-corrected chi connectivity index (χ2v) is 10.4. The van der Waals surface area contributed by atoms with E-state index in [0.717, 1.165) is 21.6 Å². The Morgan fingerprint density at radius 2 is 1.67 bits per heavy atom. The monoisotopic (exact) mass is 558 g/mol. The fourth-order valence-electron chi connectivity index (χ4n) is 4.13. The Morgan fingerprint density at radius 3 is 2.18 bits per heavy atom. The van der Waals surface area contributed by atoms with E-state index in [1.54, 1.807) is 13.8 Å². The van der Waals surface area contributed by atoms with Crippen molar-refractivity contribution in [3.8, 4) is 0 Å². The second-order valence-electron chi connectivity index (χ2n) is 10.4. The summed E-state index contributed by atoms with van der Waals surface area (Å²) in [5, 5.41) is 83.4. The highest BCUT2D eigenvalue weighted by molar-refractivity contribution is 5.75. The van der Waals surface area contributed by atoms with Gasteiger partial charge in [0.2, 0.25) is 0 Å². The fraction of sp³-hybridized carbons (Fsp3) is 0.654. The van der Waals surface area contributed by atoms with Crippen LogP contribution in [-0.2, 0) is 15.0 Å². The van der Waals surface area contributed by atoms with Crippen LogP contribution >= 0.6 is 0 Å². The lowest BCUT2D eigenvalue weighted by Crippen LogP contribution is -2.62. The van der Waals surface area contributed by atoms with Gasteiger partial charge in [-0.25, -0.2) is 4.79 Å². The molecule has 0 spiro atoms. The number of hydrogen-bond donors (Lipinski definition) is 9. The second kappa shape index (κ2) is 13.9. The van der Waals surface area contributed by atoms with Crippen molar-refractivity contribution in [1.82, 2.24) is 10.2 Å². The lowest BCUT2D eigenvalue weighted by Gasteiger charge is -2.42. The largest absolute Gasteiger partial charge is 0.394 e. The predicted molar refractivity (Wildman–Crippen MR) is 139 cm³/mol. The molecule has 1 heterocycles. The molecule has 0 bridgehead atoms. The van der Waals surface area contributed by atoms with E-state index in [4.69, 9.17) is 9.47 Å². The minimum atomic E-state index is -1.91. The van der Waals surface area contributed by atoms with Crippen LogP contribution in [-0.4, -0.2) is 134 Å². The van der Waals surface area contributed by atoms with Crippen LogP contribution in [0.15, 0.2) is 30.8 Å². The van der Waals surface area contributed by atoms with E-state index in [0.29, 0.717) is 0 Å². The first-order valence-electron chi connectivity index (χ1n) is 12.5. The van der Waals surface area contributed by atoms with Gasteiger partial charge in [0.1, 0.15) is 48.8 Å². The standard InChI is InChI=1S/C26H42N2O11/c1-13(2)14-6-8-15(9-7-14)26(3,4)27-25(37)28(5)10-16(31)19(33)23(17(32)11-29)39-24-22(36)21(35)20(34)18(12-30)38-24/h6-9,16-24,29-36H,1,10-12H2,2-5H3,(H,27,37)/t16-,17+,18+,19+,20-,21-,22+,23+,24-/m0/s1. The molecule has 9 N–H and O–H groups in total. The molecule has 2 amide bonds. The summed E-state index contributed by atoms with van der Waals surface area (Å²) < 4.78 is 10.6. The van der Waals surface area contributed by atoms with Crippen LogP contribution in [0, 0.1) is 0 Å². The molecule has 13 nitrogen and oxygen atoms in total. The summed E-state index contributed by atoms with van der Waals surface area (Å²) in [5.41, 5.74) is 1.87. The topological polar surface area (TPSA) is 213 Å². The SMILES string of the molecule is C=C(C)c1ccc(C(C)(C)NC(=O)N(C)C[C@H](O)[C@@H](O)[C@H](O[C@@H]2O[C@H](CO)[C@H](O)[C@H](O)[C@H]2O)[C@H](O)CO)cc1. The van der Waals surface area contributed by atoms with Crippen molar-refractivity contribution in [3.05, 3.63) is 42.0 Å². The fourth-order valence-corrected chi connectivity index (χ4v) is 4.13. The van der Waals surface area contributed by atoms with Gasteiger partial charge in [0, 0.05) is 7.05 Å². The zero-order valence-corrected chi connectivity index (χ0v) is 22.6. The summed E-state index contributed by atoms with van der Waals surface area (Å²) in [6.45, 7) is 7.29. The van der Waals surface area contributed by atoms with Gasteiger partial charge in [0.05, 0.1) is 25.3 Å². The first-order valence-corrected chi connectivity index (χ1v) is 12.5. The number of urea groups is 1. The Morgan fingerprint density at radius 1 is 1.08 bits per heavy atom. The molecular weight excluding hydrogens is 516 g/mol. The molecule has 2 rings (SSSR count). The number of likely N-dealkylation sites (N-methyl/N-ethyl adjacent to an activating group) is 1. The third-order valence-electron chi connectivity index (χ3n) is 6.76. The number of hydrogen-bond acceptors (Lipinski definition) is 11. The lowest BCUT2D eigenvalue weighted by molar-refractivity contribution is -0.327. The summed E-state index contributed by atoms with van der Waals surface area (Å²) in [6, 6.07) is 6.92. The number of benzene rings is 1. The number of carbonyl (C=O) groups excluding carboxylic acids is 1. The summed E-state index contributed by atoms with van der Waals surface area (Å²) in [7, 11) is 1.38. The Hall–Kier alpha value is -2.17. The Kier molecular flexibility index (Phi) is 11.8. The van der Waals surface area contributed by atoms with E-state index in [2.05, 4.69) is 11.9 Å². The van der Waals surface area contributed by atoms with Gasteiger partial charge in [0.25, 0.3) is 0 Å². The molecule has 1 aromatic rings. The molecule has 1 aromatic carbocycles. The number of allylic oxidation sites excluding steroid dienone is 1. The highest BCUT2D eigenvalue weighted by Gasteiger charge is 2.47. The van der Waals surface area contributed by atoms with Crippen LogP contribution in [0.2, 0.25) is 0 Å². The van der Waals surface area contributed by atoms with Gasteiger partial charge in [-0.2, -0.15) is 0 Å². The van der Waals surface area contributed by atoms with Gasteiger partial charge in [-0.05, 0) is 31.9 Å². The van der Waals surface area contributed by atoms with Crippen LogP contribution in [0.25, 0.3) is 5.57 Å². The van der Waals surface area contributed by atoms with Crippen molar-refractivity contribution in [1.29, 1.82) is 0 Å². The molecule has 39 heavy (non-hydrogen) atoms. The van der Waals surface area contributed by atoms with Crippen molar-refractivity contribution in [2.45, 2.75) is 81.4 Å². The Bertz CT molecular complexity index is 942. The quantitative estimate of drug-likeness (QED) is 0.135. The molecule has 13 heteroatoms. The molecule has 0 saturated carbocycles. The van der Waals surface area contributed by atoms with E-state index in [9.17, 15) is 45.6 Å². The van der Waals surface area contributed by atoms with Crippen molar-refractivity contribution in [2.75, 3.05) is 26.8 Å². The normalized spacial score (nSPS) is 26.8. The molecule has 1 saturated heterocycles. The van der Waals surface area contributed by atoms with Crippen LogP contribution in [0.1, 0.15) is 31.9 Å². The molecule has 222 valence electrons. The van der Waals surface area contributed by atoms with Gasteiger partial charge < -0.3 is 60.5 Å². The van der Waals surface area contributed by atoms with Crippen LogP contribution in [0.3, 0.4) is 0 Å². The Labute approximate surface area is 227 Å². The molecule has 0 unspecified atom stereocenters. The molecule has 1 aliphatic rings. The van der Waals surface area contributed by atoms with E-state index in [-0.39, 0.29) is 0 Å². The summed E-state index contributed by atoms with van der Waals surface area (Å²) in [6.07, 6.45) is -15.5. The smallest absolute Gasteiger partial charge is 0.317 e. The van der Waals surface area contributed by atoms with Gasteiger partial charge in [0.15, 0.2) is 6.29 Å². The molecule has 9 atom stereocenters. The van der Waals surface area contributed by atoms with Gasteiger partial charge in [-0.1, -0.05) is 36.4 Å². The number of amides is 2. The molecule has 0 aromatic heterocycles. The highest BCUT2D eigenvalue weighted by atomic mass is 16.7. The van der Waals surface area contributed by atoms with Crippen molar-refractivity contribution >= 4 is 11.6 Å². The predicted octanol–water partition coefficient (Wildman–Crippen LogP) is -2.14. The molecule has 1 fully saturated rings. The third kappa shape index (κ3) is 8.17. The third-order valence-corrected chi connectivity index (χ3v) is 6.76. The van der Waals surface area contributed by atoms with Crippen LogP contribution < -0.4 is 5.32 Å². The number of ether oxygens (including phenoxy) is 2. The molecular formula is C26H42N2O11. The van der Waals surface area contributed by atoms with E-state index >= 15 is 0 Å². The van der Waals surface area contributed by atoms with Crippen molar-refractivity contribution in [3.63, 3.8) is 0 Å². The first-order chi connectivity index (χ1) is 18.1. The maximum atomic E-state index is 12.9. The zero-order valence-electron chi connectivity index (χ0n) is 22.6. The minimum absolute atomic E-state index is 0.426. The van der Waals surface area contributed by atoms with E-state index in [1.807, 2.05) is 31.2 Å². The highest BCUT2D eigenvalue weighted by Crippen LogP contribution is 2.26. The van der Waals surface area contributed by atoms with Crippen LogP contribution in [0.5, 0.6) is 0 Å². The Balaban J connectivity index is 2.07. The zero-order chi connectivity index (χ0) is 29.7. The van der Waals surface area contributed by atoms with Gasteiger partial charge in [-0.15, -0.1) is 0 Å². The number of nitrogens with one attached hydrogen (secondary N) is 1. The number of carbonyl (C=O) groups is 1. The van der Waals surface area contributed by atoms with Crippen molar-refractivity contribution in [2.24, 2.45) is 0 Å². The summed E-state index contributed by atoms with van der Waals surface area (Å²) >= 11 is 0. The van der Waals surface area contributed by atoms with Crippen LogP contribution in [0.4, 0.5) is 4.79 Å². The summed E-state index contributed by atoms with van der Waals surface area (Å²) in [4.78, 5) is 14.0. The molecule has 0 aliphatic carbocycles. The number of nitrogens with zero attached hydrogens (tertiary/aromatic N) is 1. The maximum absolute atomic E-state index is 12.9. The van der Waals surface area contributed by atoms with E-state index in [1.165, 1.54) is 7.05 Å². The first kappa shape index (κ1) is 33.0. The lowest BCUT2D eigenvalue weighted by atomic mass is 9.92. The minimum Gasteiger partial charge on any atom is -0.394 e. The van der Waals surface area contributed by atoms with Gasteiger partial charge in [-0.3, -0.25) is 0 Å². The number of aliphatic hydroxyl groups is 8. The number of rotatable bonds is 12. The average Bonchev–Trinajstić information content (AvgIpc) is 2.90. The molecule has 1 aliphatic heterocycles. The maximum Gasteiger partial charge on any atom is 0.317 e. The van der Waals surface area contributed by atoms with Crippen molar-refractivity contribution < 1.29 is 55.1 Å². The average molecular weight is 559 g/mol. The van der Waals surface area contributed by atoms with E-state index < -0.39 is 86.5 Å². The summed E-state index contributed by atoms with van der Waals surface area (Å²) in [5.74, 6) is 0. The van der Waals surface area contributed by atoms with Gasteiger partial charge >= 0.3 is 6.03 Å².